The van der Waals surface area contributed by atoms with Gasteiger partial charge in [0.15, 0.2) is 17.6 Å². The van der Waals surface area contributed by atoms with Crippen LogP contribution < -0.4 is 5.43 Å². The Morgan fingerprint density at radius 1 is 1.71 bits per heavy atom. The van der Waals surface area contributed by atoms with Crippen LogP contribution in [0, 0.1) is 0 Å². The first kappa shape index (κ1) is 11.7. The summed E-state index contributed by atoms with van der Waals surface area (Å²) in [5.74, 6) is -0.354. The molecule has 0 bridgehead atoms. The number of hydrogen-bond acceptors (Lipinski definition) is 6. The predicted molar refractivity (Wildman–Crippen MR) is 66.4 cm³/mol. The summed E-state index contributed by atoms with van der Waals surface area (Å²) in [6.45, 7) is 0. The molecule has 0 aliphatic carbocycles. The van der Waals surface area contributed by atoms with Gasteiger partial charge in [-0.05, 0) is 16.9 Å². The second-order valence-corrected chi connectivity index (χ2v) is 5.30. The highest BCUT2D eigenvalue weighted by Gasteiger charge is 2.28. The Balaban J connectivity index is 2.12. The summed E-state index contributed by atoms with van der Waals surface area (Å²) in [4.78, 5) is 23.8. The van der Waals surface area contributed by atoms with Gasteiger partial charge in [0.1, 0.15) is 0 Å². The minimum atomic E-state index is -0.784. The van der Waals surface area contributed by atoms with Crippen molar-refractivity contribution in [3.05, 3.63) is 22.5 Å². The molecule has 2 heterocycles. The van der Waals surface area contributed by atoms with E-state index in [2.05, 4.69) is 15.3 Å². The van der Waals surface area contributed by atoms with Crippen molar-refractivity contribution in [1.82, 2.24) is 10.3 Å². The number of nitrogens with one attached hydrogen (secondary N) is 1. The minimum absolute atomic E-state index is 0.354. The maximum absolute atomic E-state index is 11.3. The molecule has 0 radical (unpaired) electrons. The van der Waals surface area contributed by atoms with Crippen molar-refractivity contribution in [2.45, 2.75) is 6.17 Å². The van der Waals surface area contributed by atoms with Crippen LogP contribution in [-0.4, -0.2) is 42.6 Å². The molecule has 2 unspecified atom stereocenters. The van der Waals surface area contributed by atoms with Gasteiger partial charge in [0.25, 0.3) is 0 Å². The summed E-state index contributed by atoms with van der Waals surface area (Å²) < 4.78 is 4.64. The molecule has 0 amide bonds. The molecule has 2 rings (SSSR count). The Hall–Kier alpha value is -1.76. The second kappa shape index (κ2) is 4.62. The van der Waals surface area contributed by atoms with Gasteiger partial charge in [0, 0.05) is 7.05 Å². The van der Waals surface area contributed by atoms with Crippen molar-refractivity contribution in [2.75, 3.05) is 14.2 Å². The first-order chi connectivity index (χ1) is 8.17. The summed E-state index contributed by atoms with van der Waals surface area (Å²) in [6.07, 6.45) is 2.09. The number of amidine groups is 1. The minimum Gasteiger partial charge on any atom is -0.465 e. The number of carbonyl (C=O) groups excluding carboxylic acids is 2. The molecule has 0 saturated heterocycles. The zero-order valence-corrected chi connectivity index (χ0v) is 10.3. The maximum atomic E-state index is 11.3. The van der Waals surface area contributed by atoms with Gasteiger partial charge in [-0.1, -0.05) is 0 Å². The molecule has 92 valence electrons. The molecule has 17 heavy (non-hydrogen) atoms. The summed E-state index contributed by atoms with van der Waals surface area (Å²) in [5, 5.41) is 8.62. The van der Waals surface area contributed by atoms with Crippen LogP contribution >= 0.6 is 10.9 Å². The smallest absolute Gasteiger partial charge is 0.338 e. The first-order valence-corrected chi connectivity index (χ1v) is 6.43. The molecule has 6 nitrogen and oxygen atoms in total. The van der Waals surface area contributed by atoms with E-state index in [-0.39, 0.29) is 5.97 Å². The van der Waals surface area contributed by atoms with Crippen LogP contribution in [0.2, 0.25) is 0 Å². The predicted octanol–water partition coefficient (Wildman–Crippen LogP) is -0.0972. The molecule has 0 aromatic rings. The number of likely N-dealkylation sites (N-methyl/N-ethyl adjacent to an activating group) is 1. The van der Waals surface area contributed by atoms with Crippen LogP contribution in [0.25, 0.3) is 0 Å². The lowest BCUT2D eigenvalue weighted by Gasteiger charge is -2.21. The zero-order chi connectivity index (χ0) is 12.4. The van der Waals surface area contributed by atoms with E-state index in [0.29, 0.717) is 5.57 Å². The number of ether oxygens (including phenoxy) is 1. The van der Waals surface area contributed by atoms with Crippen molar-refractivity contribution in [1.29, 1.82) is 0 Å². The molecule has 0 aromatic carbocycles. The van der Waals surface area contributed by atoms with Crippen LogP contribution in [0.1, 0.15) is 0 Å². The van der Waals surface area contributed by atoms with Gasteiger partial charge < -0.3 is 9.64 Å². The fourth-order valence-corrected chi connectivity index (χ4v) is 3.34. The first-order valence-electron chi connectivity index (χ1n) is 4.95. The number of esters is 1. The number of hydrogen-bond donors (Lipinski definition) is 2. The molecule has 1 N–H and O–H groups in total. The quantitative estimate of drug-likeness (QED) is 0.410. The van der Waals surface area contributed by atoms with E-state index in [9.17, 15) is 9.59 Å². The highest BCUT2D eigenvalue weighted by Crippen LogP contribution is 2.40. The van der Waals surface area contributed by atoms with E-state index in [4.69, 9.17) is 0 Å². The summed E-state index contributed by atoms with van der Waals surface area (Å²) in [5.41, 5.74) is 3.26. The SMILES string of the molecule is COC(=O)C1=C[SH](C2=NNC(C=O)N2C)C=C1. The molecule has 0 saturated carbocycles. The molecule has 0 fully saturated rings. The van der Waals surface area contributed by atoms with Gasteiger partial charge in [-0.2, -0.15) is 16.0 Å². The third-order valence-electron chi connectivity index (χ3n) is 2.50. The lowest BCUT2D eigenvalue weighted by molar-refractivity contribution is -0.135. The number of rotatable bonds is 2. The summed E-state index contributed by atoms with van der Waals surface area (Å²) >= 11 is 0. The molecule has 0 spiro atoms. The number of carbonyl (C=O) groups is 2. The van der Waals surface area contributed by atoms with Crippen molar-refractivity contribution in [2.24, 2.45) is 5.10 Å². The van der Waals surface area contributed by atoms with Crippen molar-refractivity contribution < 1.29 is 14.3 Å². The van der Waals surface area contributed by atoms with Gasteiger partial charge in [-0.15, -0.1) is 0 Å². The molecule has 0 aromatic heterocycles. The third kappa shape index (κ3) is 2.05. The monoisotopic (exact) mass is 255 g/mol. The van der Waals surface area contributed by atoms with Crippen LogP contribution in [0.5, 0.6) is 0 Å². The van der Waals surface area contributed by atoms with Gasteiger partial charge in [0.2, 0.25) is 0 Å². The van der Waals surface area contributed by atoms with Gasteiger partial charge >= 0.3 is 5.97 Å². The van der Waals surface area contributed by atoms with Gasteiger partial charge in [0.05, 0.1) is 12.7 Å². The lowest BCUT2D eigenvalue weighted by atomic mass is 10.3. The average molecular weight is 255 g/mol. The largest absolute Gasteiger partial charge is 0.465 e. The Labute approximate surface area is 101 Å². The Bertz CT molecular complexity index is 444. The number of nitrogens with zero attached hydrogens (tertiary/aromatic N) is 2. The van der Waals surface area contributed by atoms with Crippen LogP contribution in [0.15, 0.2) is 27.6 Å². The summed E-state index contributed by atoms with van der Waals surface area (Å²) in [6, 6.07) is 0. The third-order valence-corrected chi connectivity index (χ3v) is 4.41. The lowest BCUT2D eigenvalue weighted by Crippen LogP contribution is -2.37. The normalized spacial score (nSPS) is 28.5. The molecule has 2 aliphatic rings. The van der Waals surface area contributed by atoms with Crippen LogP contribution in [0.3, 0.4) is 0 Å². The zero-order valence-electron chi connectivity index (χ0n) is 9.45. The second-order valence-electron chi connectivity index (χ2n) is 3.53. The number of methoxy groups -OCH3 is 1. The Morgan fingerprint density at radius 3 is 3.06 bits per heavy atom. The molecular formula is C10H13N3O3S. The highest BCUT2D eigenvalue weighted by molar-refractivity contribution is 8.34. The van der Waals surface area contributed by atoms with E-state index in [1.807, 2.05) is 10.8 Å². The van der Waals surface area contributed by atoms with Gasteiger partial charge in [-0.3, -0.25) is 10.2 Å². The number of hydrazone groups is 1. The van der Waals surface area contributed by atoms with E-state index < -0.39 is 17.1 Å². The topological polar surface area (TPSA) is 71.0 Å². The van der Waals surface area contributed by atoms with Crippen molar-refractivity contribution in [3.63, 3.8) is 0 Å². The maximum Gasteiger partial charge on any atom is 0.338 e. The Kier molecular flexibility index (Phi) is 3.19. The molecule has 7 heteroatoms. The Morgan fingerprint density at radius 2 is 2.47 bits per heavy atom. The molecule has 2 aliphatic heterocycles. The van der Waals surface area contributed by atoms with Crippen molar-refractivity contribution >= 4 is 28.3 Å². The van der Waals surface area contributed by atoms with E-state index in [1.165, 1.54) is 7.11 Å². The number of aldehydes is 1. The molecular weight excluding hydrogens is 242 g/mol. The molecule has 2 atom stereocenters. The van der Waals surface area contributed by atoms with Crippen LogP contribution in [-0.2, 0) is 14.3 Å². The van der Waals surface area contributed by atoms with E-state index in [0.717, 1.165) is 11.5 Å². The van der Waals surface area contributed by atoms with Gasteiger partial charge in [-0.25, -0.2) is 4.79 Å². The average Bonchev–Trinajstić information content (AvgIpc) is 2.94. The van der Waals surface area contributed by atoms with E-state index >= 15 is 0 Å². The highest BCUT2D eigenvalue weighted by atomic mass is 32.2. The van der Waals surface area contributed by atoms with Crippen molar-refractivity contribution in [3.8, 4) is 0 Å². The standard InChI is InChI=1S/C10H13N3O3S/c1-13-8(5-14)11-12-10(13)17-4-3-7(6-17)9(15)16-2/h3-6,8,11,17H,1-2H3. The fraction of sp³-hybridized carbons (Fsp3) is 0.300. The fourth-order valence-electron chi connectivity index (χ4n) is 1.53. The van der Waals surface area contributed by atoms with E-state index in [1.54, 1.807) is 18.0 Å². The number of thiol groups is 1. The summed E-state index contributed by atoms with van der Waals surface area (Å²) in [7, 11) is 2.35. The van der Waals surface area contributed by atoms with Crippen LogP contribution in [0.4, 0.5) is 0 Å².